The van der Waals surface area contributed by atoms with Crippen LogP contribution < -0.4 is 10.6 Å². The normalized spacial score (nSPS) is 25.5. The minimum atomic E-state index is -0.221. The second-order valence-electron chi connectivity index (χ2n) is 6.82. The van der Waals surface area contributed by atoms with Gasteiger partial charge in [0.25, 0.3) is 0 Å². The first-order chi connectivity index (χ1) is 11.6. The van der Waals surface area contributed by atoms with Crippen molar-refractivity contribution in [2.24, 2.45) is 17.6 Å². The molecule has 2 N–H and O–H groups in total. The number of anilines is 1. The Hall–Kier alpha value is -2.15. The molecule has 2 aliphatic heterocycles. The van der Waals surface area contributed by atoms with E-state index < -0.39 is 0 Å². The zero-order valence-corrected chi connectivity index (χ0v) is 13.9. The molecule has 0 spiro atoms. The lowest BCUT2D eigenvalue weighted by molar-refractivity contribution is -0.124. The maximum Gasteiger partial charge on any atom is 0.223 e. The number of rotatable bonds is 3. The number of ether oxygens (including phenoxy) is 1. The van der Waals surface area contributed by atoms with E-state index in [0.29, 0.717) is 12.5 Å². The third-order valence-corrected chi connectivity index (χ3v) is 5.30. The number of nitrogens with zero attached hydrogens (tertiary/aromatic N) is 4. The van der Waals surface area contributed by atoms with Crippen LogP contribution in [0.3, 0.4) is 0 Å². The van der Waals surface area contributed by atoms with Gasteiger partial charge in [-0.1, -0.05) is 0 Å². The standard InChI is InChI=1S/C17H23N5O2/c1-11-10-14-17(19-5-8-22(14)20-11)21-6-2-12(3-7-21)15-13(16(18)23)4-9-24-15/h5,8,10,12-13,15H,2-4,6-7,9H2,1H3,(H2,18,23)/t13-,15+/m0/s1. The summed E-state index contributed by atoms with van der Waals surface area (Å²) in [4.78, 5) is 18.5. The predicted molar refractivity (Wildman–Crippen MR) is 89.7 cm³/mol. The van der Waals surface area contributed by atoms with E-state index in [1.54, 1.807) is 6.20 Å². The van der Waals surface area contributed by atoms with Crippen molar-refractivity contribution >= 4 is 17.2 Å². The minimum absolute atomic E-state index is 0.00869. The van der Waals surface area contributed by atoms with Crippen LogP contribution in [0, 0.1) is 18.8 Å². The molecule has 1 amide bonds. The van der Waals surface area contributed by atoms with Gasteiger partial charge in [0.2, 0.25) is 5.91 Å². The van der Waals surface area contributed by atoms with Gasteiger partial charge in [-0.25, -0.2) is 9.50 Å². The molecular formula is C17H23N5O2. The Morgan fingerprint density at radius 1 is 1.33 bits per heavy atom. The molecule has 2 aromatic heterocycles. The van der Waals surface area contributed by atoms with Crippen LogP contribution in [0.5, 0.6) is 0 Å². The lowest BCUT2D eigenvalue weighted by Gasteiger charge is -2.36. The van der Waals surface area contributed by atoms with E-state index in [2.05, 4.69) is 21.0 Å². The van der Waals surface area contributed by atoms with Crippen LogP contribution >= 0.6 is 0 Å². The first-order valence-electron chi connectivity index (χ1n) is 8.60. The second-order valence-corrected chi connectivity index (χ2v) is 6.82. The fourth-order valence-electron chi connectivity index (χ4n) is 4.09. The van der Waals surface area contributed by atoms with Crippen LogP contribution in [0.1, 0.15) is 25.0 Å². The summed E-state index contributed by atoms with van der Waals surface area (Å²) in [5.74, 6) is 1.03. The molecule has 2 atom stereocenters. The van der Waals surface area contributed by atoms with E-state index in [-0.39, 0.29) is 17.9 Å². The van der Waals surface area contributed by atoms with Gasteiger partial charge in [0.1, 0.15) is 5.52 Å². The Morgan fingerprint density at radius 2 is 2.12 bits per heavy atom. The van der Waals surface area contributed by atoms with E-state index in [0.717, 1.165) is 49.4 Å². The molecule has 2 saturated heterocycles. The molecule has 0 aliphatic carbocycles. The van der Waals surface area contributed by atoms with E-state index in [1.165, 1.54) is 0 Å². The lowest BCUT2D eigenvalue weighted by Crippen LogP contribution is -2.42. The fourth-order valence-corrected chi connectivity index (χ4v) is 4.09. The van der Waals surface area contributed by atoms with Gasteiger partial charge >= 0.3 is 0 Å². The second kappa shape index (κ2) is 6.05. The Kier molecular flexibility index (Phi) is 3.88. The number of hydrogen-bond donors (Lipinski definition) is 1. The highest BCUT2D eigenvalue weighted by atomic mass is 16.5. The van der Waals surface area contributed by atoms with Gasteiger partial charge in [-0.2, -0.15) is 5.10 Å². The molecule has 7 heteroatoms. The maximum atomic E-state index is 11.6. The quantitative estimate of drug-likeness (QED) is 0.913. The molecule has 2 aliphatic rings. The molecule has 2 fully saturated rings. The first-order valence-corrected chi connectivity index (χ1v) is 8.60. The zero-order valence-electron chi connectivity index (χ0n) is 13.9. The van der Waals surface area contributed by atoms with Crippen molar-refractivity contribution in [2.45, 2.75) is 32.3 Å². The number of nitrogens with two attached hydrogens (primary N) is 1. The molecule has 7 nitrogen and oxygen atoms in total. The smallest absolute Gasteiger partial charge is 0.223 e. The molecule has 128 valence electrons. The molecular weight excluding hydrogens is 306 g/mol. The fraction of sp³-hybridized carbons (Fsp3) is 0.588. The van der Waals surface area contributed by atoms with Crippen molar-refractivity contribution in [3.63, 3.8) is 0 Å². The Morgan fingerprint density at radius 3 is 2.88 bits per heavy atom. The minimum Gasteiger partial charge on any atom is -0.377 e. The van der Waals surface area contributed by atoms with Gasteiger partial charge in [0.05, 0.1) is 17.7 Å². The average molecular weight is 329 g/mol. The van der Waals surface area contributed by atoms with Crippen LogP contribution in [-0.2, 0) is 9.53 Å². The molecule has 0 aromatic carbocycles. The summed E-state index contributed by atoms with van der Waals surface area (Å²) in [5, 5.41) is 4.45. The van der Waals surface area contributed by atoms with Crippen LogP contribution in [0.15, 0.2) is 18.5 Å². The van der Waals surface area contributed by atoms with Gasteiger partial charge in [0.15, 0.2) is 5.82 Å². The summed E-state index contributed by atoms with van der Waals surface area (Å²) in [5.41, 5.74) is 7.56. The Bertz CT molecular complexity index is 751. The van der Waals surface area contributed by atoms with Crippen molar-refractivity contribution in [3.05, 3.63) is 24.2 Å². The van der Waals surface area contributed by atoms with E-state index in [4.69, 9.17) is 10.5 Å². The van der Waals surface area contributed by atoms with Crippen LogP contribution in [0.25, 0.3) is 5.52 Å². The average Bonchev–Trinajstić information content (AvgIpc) is 3.20. The SMILES string of the molecule is Cc1cc2c(N3CCC([C@H]4OCC[C@@H]4C(N)=O)CC3)nccn2n1. The van der Waals surface area contributed by atoms with Crippen molar-refractivity contribution in [1.82, 2.24) is 14.6 Å². The summed E-state index contributed by atoms with van der Waals surface area (Å²) in [7, 11) is 0. The van der Waals surface area contributed by atoms with Crippen LogP contribution in [0.2, 0.25) is 0 Å². The van der Waals surface area contributed by atoms with Crippen molar-refractivity contribution in [1.29, 1.82) is 0 Å². The summed E-state index contributed by atoms with van der Waals surface area (Å²) in [6.07, 6.45) is 6.41. The molecule has 0 radical (unpaired) electrons. The van der Waals surface area contributed by atoms with E-state index in [1.807, 2.05) is 17.6 Å². The number of primary amides is 1. The number of fused-ring (bicyclic) bond motifs is 1. The summed E-state index contributed by atoms with van der Waals surface area (Å²) < 4.78 is 7.71. The Balaban J connectivity index is 1.49. The predicted octanol–water partition coefficient (Wildman–Crippen LogP) is 1.14. The number of aromatic nitrogens is 3. The highest BCUT2D eigenvalue weighted by molar-refractivity contribution is 5.77. The van der Waals surface area contributed by atoms with Crippen molar-refractivity contribution < 1.29 is 9.53 Å². The molecule has 0 saturated carbocycles. The topological polar surface area (TPSA) is 85.8 Å². The molecule has 0 bridgehead atoms. The number of carbonyl (C=O) groups excluding carboxylic acids is 1. The Labute approximate surface area is 140 Å². The number of carbonyl (C=O) groups is 1. The lowest BCUT2D eigenvalue weighted by atomic mass is 9.84. The van der Waals surface area contributed by atoms with Gasteiger partial charge in [0, 0.05) is 32.1 Å². The third-order valence-electron chi connectivity index (χ3n) is 5.30. The largest absolute Gasteiger partial charge is 0.377 e. The molecule has 4 rings (SSSR count). The summed E-state index contributed by atoms with van der Waals surface area (Å²) in [6.45, 7) is 4.46. The summed E-state index contributed by atoms with van der Waals surface area (Å²) in [6, 6.07) is 2.07. The molecule has 24 heavy (non-hydrogen) atoms. The zero-order chi connectivity index (χ0) is 16.7. The summed E-state index contributed by atoms with van der Waals surface area (Å²) >= 11 is 0. The molecule has 0 unspecified atom stereocenters. The third kappa shape index (κ3) is 2.62. The van der Waals surface area contributed by atoms with Crippen molar-refractivity contribution in [3.8, 4) is 0 Å². The molecule has 4 heterocycles. The molecule has 2 aromatic rings. The number of piperidine rings is 1. The van der Waals surface area contributed by atoms with Gasteiger partial charge in [-0.15, -0.1) is 0 Å². The number of aryl methyl sites for hydroxylation is 1. The number of hydrogen-bond acceptors (Lipinski definition) is 5. The van der Waals surface area contributed by atoms with Gasteiger partial charge in [-0.3, -0.25) is 4.79 Å². The van der Waals surface area contributed by atoms with Crippen LogP contribution in [-0.4, -0.2) is 46.3 Å². The highest BCUT2D eigenvalue weighted by Gasteiger charge is 2.39. The van der Waals surface area contributed by atoms with Gasteiger partial charge < -0.3 is 15.4 Å². The van der Waals surface area contributed by atoms with E-state index >= 15 is 0 Å². The van der Waals surface area contributed by atoms with Gasteiger partial charge in [-0.05, 0) is 38.2 Å². The first kappa shape index (κ1) is 15.4. The highest BCUT2D eigenvalue weighted by Crippen LogP contribution is 2.34. The number of amides is 1. The van der Waals surface area contributed by atoms with Crippen LogP contribution in [0.4, 0.5) is 5.82 Å². The van der Waals surface area contributed by atoms with Crippen molar-refractivity contribution in [2.75, 3.05) is 24.6 Å². The monoisotopic (exact) mass is 329 g/mol. The maximum absolute atomic E-state index is 11.6. The van der Waals surface area contributed by atoms with E-state index in [9.17, 15) is 4.79 Å².